The van der Waals surface area contributed by atoms with Crippen molar-refractivity contribution < 1.29 is 53.9 Å². The molecule has 1 rings (SSSR count). The second-order valence-corrected chi connectivity index (χ2v) is 5.93. The highest BCUT2D eigenvalue weighted by atomic mass is 32.3. The van der Waals surface area contributed by atoms with Gasteiger partial charge in [-0.05, 0) is 12.1 Å². The maximum Gasteiger partial charge on any atom is 0.466 e. The third-order valence-corrected chi connectivity index (χ3v) is 1.57. The first-order valence-corrected chi connectivity index (χ1v) is 8.81. The van der Waals surface area contributed by atoms with Gasteiger partial charge in [-0.15, -0.1) is 0 Å². The monoisotopic (exact) mass is 470 g/mol. The summed E-state index contributed by atoms with van der Waals surface area (Å²) in [6, 6.07) is 9.49. The summed E-state index contributed by atoms with van der Waals surface area (Å²) in [5.41, 5.74) is 6.18. The Labute approximate surface area is 155 Å². The van der Waals surface area contributed by atoms with Gasteiger partial charge in [-0.2, -0.15) is 16.8 Å². The van der Waals surface area contributed by atoms with Crippen LogP contribution in [-0.4, -0.2) is 40.6 Å². The van der Waals surface area contributed by atoms with E-state index < -0.39 is 28.6 Å². The van der Waals surface area contributed by atoms with Crippen molar-refractivity contribution in [2.24, 2.45) is 0 Å². The van der Waals surface area contributed by atoms with E-state index in [4.69, 9.17) is 34.1 Å². The third kappa shape index (κ3) is 67.8. The highest BCUT2D eigenvalue weighted by Gasteiger charge is 2.13. The van der Waals surface area contributed by atoms with E-state index in [0.717, 1.165) is 5.69 Å². The molecule has 1 aromatic carbocycles. The molecule has 0 radical (unpaired) electrons. The zero-order valence-corrected chi connectivity index (χ0v) is 16.4. The van der Waals surface area contributed by atoms with Gasteiger partial charge in [0.1, 0.15) is 0 Å². The lowest BCUT2D eigenvalue weighted by Crippen LogP contribution is -2.10. The number of rotatable bonds is 3. The Morgan fingerprint density at radius 3 is 1.07 bits per heavy atom. The van der Waals surface area contributed by atoms with Crippen LogP contribution in [0.1, 0.15) is 0 Å². The molecule has 22 N–H and O–H groups in total. The average Bonchev–Trinajstić information content (AvgIpc) is 2.24. The van der Waals surface area contributed by atoms with Crippen molar-refractivity contribution in [3.05, 3.63) is 30.3 Å². The van der Waals surface area contributed by atoms with E-state index in [1.165, 1.54) is 0 Å². The van der Waals surface area contributed by atoms with Crippen molar-refractivity contribution in [3.63, 3.8) is 0 Å². The molecule has 1 aromatic rings. The lowest BCUT2D eigenvalue weighted by molar-refractivity contribution is -0.105. The minimum absolute atomic E-state index is 0. The number of phosphoric acid groups is 1. The van der Waals surface area contributed by atoms with Gasteiger partial charge < -0.3 is 51.2 Å². The summed E-state index contributed by atoms with van der Waals surface area (Å²) in [6.45, 7) is 0. The molecule has 18 nitrogen and oxygen atoms in total. The molecule has 0 amide bonds. The normalized spacial score (nSPS) is 9.37. The van der Waals surface area contributed by atoms with Gasteiger partial charge in [0.15, 0.2) is 0 Å². The molecule has 0 aromatic heterocycles. The first-order chi connectivity index (χ1) is 9.60. The van der Waals surface area contributed by atoms with E-state index in [1.807, 2.05) is 30.3 Å². The van der Waals surface area contributed by atoms with Crippen LogP contribution in [0, 0.1) is 0 Å². The van der Waals surface area contributed by atoms with Crippen LogP contribution in [0.4, 0.5) is 5.69 Å². The van der Waals surface area contributed by atoms with Crippen LogP contribution < -0.4 is 36.5 Å². The fraction of sp³-hybridized carbons (Fsp3) is 0. The van der Waals surface area contributed by atoms with Crippen molar-refractivity contribution in [2.45, 2.75) is 0 Å². The van der Waals surface area contributed by atoms with E-state index in [1.54, 1.807) is 0 Å². The summed E-state index contributed by atoms with van der Waals surface area (Å²) >= 11 is 0. The molecule has 0 saturated heterocycles. The Hall–Kier alpha value is -1.33. The molecule has 0 fully saturated rings. The fourth-order valence-corrected chi connectivity index (χ4v) is 1.08. The summed E-state index contributed by atoms with van der Waals surface area (Å²) in [5, 5.41) is 0. The van der Waals surface area contributed by atoms with Crippen LogP contribution in [0.25, 0.3) is 0 Å². The molecule has 0 saturated carbocycles. The number of para-hydroxylation sites is 1. The maximum absolute atomic E-state index is 9.51. The first-order valence-electron chi connectivity index (χ1n) is 4.51. The number of nitrogen functional groups attached to an aromatic ring is 1. The van der Waals surface area contributed by atoms with Gasteiger partial charge >= 0.3 is 28.6 Å². The Morgan fingerprint density at radius 1 is 0.741 bits per heavy atom. The van der Waals surface area contributed by atoms with Gasteiger partial charge in [0.05, 0.1) is 0 Å². The van der Waals surface area contributed by atoms with E-state index in [-0.39, 0.29) is 30.8 Å². The lowest BCUT2D eigenvalue weighted by Gasteiger charge is -1.92. The quantitative estimate of drug-likeness (QED) is 0.0885. The predicted octanol–water partition coefficient (Wildman–Crippen LogP) is -0.310. The molecule has 27 heavy (non-hydrogen) atoms. The van der Waals surface area contributed by atoms with E-state index in [2.05, 4.69) is 8.67 Å². The minimum Gasteiger partial charge on any atom is -0.399 e. The minimum atomic E-state index is -5.02. The zero-order valence-electron chi connectivity index (χ0n) is 13.9. The standard InChI is InChI=1S/C6H7N.5H3N.H2O8S2.H3O4P/c7-6-4-2-1-3-5-6;;;;;;1-9(2,3)7-8-10(4,5)6;1-5(2,3)4/h1-5H,7H2;5*1H3;(H,1,2,3)(H,4,5,6);(H3,1,2,3,4). The molecule has 0 aliphatic rings. The molecule has 21 heteroatoms. The summed E-state index contributed by atoms with van der Waals surface area (Å²) in [6.07, 6.45) is 0. The topological polar surface area (TPSA) is 406 Å². The smallest absolute Gasteiger partial charge is 0.399 e. The highest BCUT2D eigenvalue weighted by molar-refractivity contribution is 7.83. The molecule has 0 unspecified atom stereocenters. The summed E-state index contributed by atoms with van der Waals surface area (Å²) < 4.78 is 67.8. The number of anilines is 1. The molecule has 0 spiro atoms. The van der Waals surface area contributed by atoms with E-state index in [0.29, 0.717) is 0 Å². The average molecular weight is 470 g/mol. The Kier molecular flexibility index (Phi) is 32.3. The Bertz CT molecular complexity index is 639. The van der Waals surface area contributed by atoms with Gasteiger partial charge in [-0.25, -0.2) is 4.57 Å². The highest BCUT2D eigenvalue weighted by Crippen LogP contribution is 2.25. The van der Waals surface area contributed by atoms with Gasteiger partial charge in [-0.1, -0.05) is 26.9 Å². The molecule has 0 aliphatic carbocycles. The number of nitrogens with two attached hydrogens (primary N) is 1. The van der Waals surface area contributed by atoms with Crippen molar-refractivity contribution in [1.82, 2.24) is 30.8 Å². The zero-order chi connectivity index (χ0) is 18.0. The second kappa shape index (κ2) is 19.4. The number of hydrogen-bond acceptors (Lipinski definition) is 13. The summed E-state index contributed by atoms with van der Waals surface area (Å²) in [5.74, 6) is 0. The Morgan fingerprint density at radius 2 is 0.963 bits per heavy atom. The fourth-order valence-electron chi connectivity index (χ4n) is 0.523. The molecule has 0 heterocycles. The van der Waals surface area contributed by atoms with Crippen molar-refractivity contribution >= 4 is 34.3 Å². The maximum atomic E-state index is 9.51. The lowest BCUT2D eigenvalue weighted by atomic mass is 10.3. The molecule has 0 atom stereocenters. The van der Waals surface area contributed by atoms with Crippen LogP contribution in [0.2, 0.25) is 0 Å². The van der Waals surface area contributed by atoms with Crippen molar-refractivity contribution in [3.8, 4) is 0 Å². The number of hydrogen-bond donors (Lipinski definition) is 11. The second-order valence-electron chi connectivity index (χ2n) is 2.92. The van der Waals surface area contributed by atoms with Crippen molar-refractivity contribution in [1.29, 1.82) is 0 Å². The number of benzene rings is 1. The largest absolute Gasteiger partial charge is 0.466 e. The summed E-state index contributed by atoms with van der Waals surface area (Å²) in [4.78, 5) is 21.6. The third-order valence-electron chi connectivity index (χ3n) is 0.999. The van der Waals surface area contributed by atoms with Gasteiger partial charge in [-0.3, -0.25) is 9.11 Å². The molecule has 0 aliphatic heterocycles. The van der Waals surface area contributed by atoms with E-state index in [9.17, 15) is 16.8 Å². The molecule has 0 bridgehead atoms. The summed E-state index contributed by atoms with van der Waals surface area (Å²) in [7, 11) is -14.7. The van der Waals surface area contributed by atoms with Gasteiger partial charge in [0, 0.05) is 5.69 Å². The van der Waals surface area contributed by atoms with Gasteiger partial charge in [0.25, 0.3) is 0 Å². The van der Waals surface area contributed by atoms with Crippen LogP contribution >= 0.6 is 7.82 Å². The SMILES string of the molecule is N.N.N.N.N.Nc1ccccc1.O=P(O)(O)O.O=S(=O)(O)OOS(=O)(=O)O. The molecular weight excluding hydrogens is 443 g/mol. The molecular formula is C6H27N6O12PS2. The van der Waals surface area contributed by atoms with Crippen LogP contribution in [0.3, 0.4) is 0 Å². The Balaban J connectivity index is -0.0000000424. The molecule has 170 valence electrons. The van der Waals surface area contributed by atoms with Crippen LogP contribution in [0.5, 0.6) is 0 Å². The van der Waals surface area contributed by atoms with Crippen LogP contribution in [-0.2, 0) is 34.0 Å². The van der Waals surface area contributed by atoms with Gasteiger partial charge in [0.2, 0.25) is 0 Å². The van der Waals surface area contributed by atoms with Crippen LogP contribution in [0.15, 0.2) is 30.3 Å². The van der Waals surface area contributed by atoms with Crippen molar-refractivity contribution in [2.75, 3.05) is 5.73 Å². The first kappa shape index (κ1) is 44.8. The predicted molar refractivity (Wildman–Crippen MR) is 95.5 cm³/mol. The van der Waals surface area contributed by atoms with E-state index >= 15 is 0 Å².